The highest BCUT2D eigenvalue weighted by Gasteiger charge is 2.61. The Balaban J connectivity index is 1.55. The number of hydrogen-bond donors (Lipinski definition) is 1. The maximum atomic E-state index is 13.8. The van der Waals surface area contributed by atoms with Gasteiger partial charge in [0.25, 0.3) is 0 Å². The van der Waals surface area contributed by atoms with Crippen LogP contribution >= 0.6 is 0 Å². The molecule has 2 saturated carbocycles. The lowest BCUT2D eigenvalue weighted by atomic mass is 9.63. The number of carbonyl (C=O) groups is 1. The first-order valence-corrected chi connectivity index (χ1v) is 10.9. The van der Waals surface area contributed by atoms with Crippen molar-refractivity contribution in [2.45, 2.75) is 56.8 Å². The molecule has 0 amide bonds. The summed E-state index contributed by atoms with van der Waals surface area (Å²) in [7, 11) is 0. The molecule has 2 aromatic rings. The molecule has 0 unspecified atom stereocenters. The van der Waals surface area contributed by atoms with Crippen LogP contribution in [0.3, 0.4) is 0 Å². The zero-order chi connectivity index (χ0) is 19.9. The molecule has 1 spiro atoms. The second-order valence-corrected chi connectivity index (χ2v) is 8.97. The Morgan fingerprint density at radius 3 is 2.45 bits per heavy atom. The van der Waals surface area contributed by atoms with Crippen LogP contribution in [0.5, 0.6) is 0 Å². The summed E-state index contributed by atoms with van der Waals surface area (Å²) in [6.45, 7) is 0. The minimum absolute atomic E-state index is 0.0382. The van der Waals surface area contributed by atoms with Crippen molar-refractivity contribution < 1.29 is 14.6 Å². The van der Waals surface area contributed by atoms with Crippen molar-refractivity contribution in [3.63, 3.8) is 0 Å². The highest BCUT2D eigenvalue weighted by molar-refractivity contribution is 6.06. The first kappa shape index (κ1) is 18.8. The Morgan fingerprint density at radius 2 is 1.69 bits per heavy atom. The lowest BCUT2D eigenvalue weighted by Gasteiger charge is -2.53. The molecule has 1 heterocycles. The SMILES string of the molecule is O=C1/C(=C/c2ccccc2)CC[C@]12C[C@@H]1CCCC[C@]1(O)O[C@@H]2c1ccccc1. The highest BCUT2D eigenvalue weighted by atomic mass is 16.6. The van der Waals surface area contributed by atoms with Gasteiger partial charge in [0.15, 0.2) is 11.6 Å². The van der Waals surface area contributed by atoms with E-state index in [0.29, 0.717) is 12.8 Å². The third-order valence-electron chi connectivity index (χ3n) is 7.24. The van der Waals surface area contributed by atoms with Gasteiger partial charge in [0, 0.05) is 12.3 Å². The van der Waals surface area contributed by atoms with Crippen LogP contribution in [0.1, 0.15) is 62.2 Å². The summed E-state index contributed by atoms with van der Waals surface area (Å²) in [6, 6.07) is 20.1. The molecule has 0 radical (unpaired) electrons. The van der Waals surface area contributed by atoms with Gasteiger partial charge >= 0.3 is 0 Å². The molecule has 0 bridgehead atoms. The van der Waals surface area contributed by atoms with Crippen LogP contribution in [0, 0.1) is 11.3 Å². The zero-order valence-corrected chi connectivity index (χ0v) is 16.7. The van der Waals surface area contributed by atoms with Gasteiger partial charge < -0.3 is 9.84 Å². The topological polar surface area (TPSA) is 46.5 Å². The van der Waals surface area contributed by atoms with E-state index in [2.05, 4.69) is 0 Å². The normalized spacial score (nSPS) is 35.8. The number of hydrogen-bond acceptors (Lipinski definition) is 3. The Bertz CT molecular complexity index is 919. The number of rotatable bonds is 2. The molecule has 2 aliphatic carbocycles. The Labute approximate surface area is 172 Å². The van der Waals surface area contributed by atoms with E-state index in [1.165, 1.54) is 0 Å². The summed E-state index contributed by atoms with van der Waals surface area (Å²) >= 11 is 0. The van der Waals surface area contributed by atoms with Gasteiger partial charge in [-0.15, -0.1) is 0 Å². The van der Waals surface area contributed by atoms with E-state index in [1.54, 1.807) is 0 Å². The van der Waals surface area contributed by atoms with E-state index in [9.17, 15) is 9.90 Å². The molecule has 1 N–H and O–H groups in total. The average molecular weight is 389 g/mol. The maximum absolute atomic E-state index is 13.8. The molecule has 1 aliphatic heterocycles. The van der Waals surface area contributed by atoms with E-state index in [-0.39, 0.29) is 11.7 Å². The Morgan fingerprint density at radius 1 is 0.966 bits per heavy atom. The second-order valence-electron chi connectivity index (χ2n) is 8.97. The molecule has 4 atom stereocenters. The smallest absolute Gasteiger partial charge is 0.169 e. The number of ketones is 1. The minimum atomic E-state index is -1.10. The van der Waals surface area contributed by atoms with Gasteiger partial charge in [-0.1, -0.05) is 67.1 Å². The Hall–Kier alpha value is -2.23. The van der Waals surface area contributed by atoms with Crippen LogP contribution in [0.15, 0.2) is 66.2 Å². The standard InChI is InChI=1S/C26H28O3/c27-23-21(17-19-9-3-1-4-10-19)14-16-25(23)18-22-13-7-8-15-26(22,28)29-24(25)20-11-5-2-6-12-20/h1-6,9-12,17,22,24,28H,7-8,13-16,18H2/b21-17+/t22-,24+,25-,26-/m0/s1. The molecule has 150 valence electrons. The molecule has 2 aromatic carbocycles. The van der Waals surface area contributed by atoms with Crippen LogP contribution in [-0.4, -0.2) is 16.7 Å². The molecular weight excluding hydrogens is 360 g/mol. The summed E-state index contributed by atoms with van der Waals surface area (Å²) in [5.74, 6) is -0.852. The van der Waals surface area contributed by atoms with Crippen molar-refractivity contribution in [3.8, 4) is 0 Å². The van der Waals surface area contributed by atoms with E-state index in [0.717, 1.165) is 48.8 Å². The summed E-state index contributed by atoms with van der Waals surface area (Å²) in [5, 5.41) is 11.3. The van der Waals surface area contributed by atoms with Crippen molar-refractivity contribution in [1.29, 1.82) is 0 Å². The second kappa shape index (κ2) is 7.23. The number of carbonyl (C=O) groups excluding carboxylic acids is 1. The Kier molecular flexibility index (Phi) is 4.68. The first-order chi connectivity index (χ1) is 14.1. The van der Waals surface area contributed by atoms with Gasteiger partial charge in [-0.3, -0.25) is 4.79 Å². The summed E-state index contributed by atoms with van der Waals surface area (Å²) in [6.07, 6.45) is 7.61. The molecule has 3 aliphatic rings. The van der Waals surface area contributed by atoms with Crippen LogP contribution in [0.2, 0.25) is 0 Å². The number of allylic oxidation sites excluding steroid dienone is 1. The summed E-state index contributed by atoms with van der Waals surface area (Å²) < 4.78 is 6.48. The van der Waals surface area contributed by atoms with Crippen molar-refractivity contribution in [2.75, 3.05) is 0 Å². The molecular formula is C26H28O3. The van der Waals surface area contributed by atoms with Crippen molar-refractivity contribution in [2.24, 2.45) is 11.3 Å². The number of ether oxygens (including phenoxy) is 1. The summed E-state index contributed by atoms with van der Waals surface area (Å²) in [4.78, 5) is 13.8. The van der Waals surface area contributed by atoms with Crippen LogP contribution in [0.4, 0.5) is 0 Å². The highest BCUT2D eigenvalue weighted by Crippen LogP contribution is 2.60. The van der Waals surface area contributed by atoms with Gasteiger partial charge in [0.2, 0.25) is 0 Å². The molecule has 5 rings (SSSR count). The molecule has 3 nitrogen and oxygen atoms in total. The van der Waals surface area contributed by atoms with Crippen molar-refractivity contribution in [1.82, 2.24) is 0 Å². The zero-order valence-electron chi connectivity index (χ0n) is 16.7. The lowest BCUT2D eigenvalue weighted by Crippen LogP contribution is -2.55. The number of Topliss-reactive ketones (excluding diaryl/α,β-unsaturated/α-hetero) is 1. The van der Waals surface area contributed by atoms with E-state index >= 15 is 0 Å². The monoisotopic (exact) mass is 388 g/mol. The van der Waals surface area contributed by atoms with Crippen LogP contribution < -0.4 is 0 Å². The largest absolute Gasteiger partial charge is 0.365 e. The summed E-state index contributed by atoms with van der Waals surface area (Å²) in [5.41, 5.74) is 2.38. The average Bonchev–Trinajstić information content (AvgIpc) is 3.05. The van der Waals surface area contributed by atoms with Gasteiger partial charge in [0.05, 0.1) is 11.5 Å². The fourth-order valence-electron chi connectivity index (χ4n) is 5.73. The van der Waals surface area contributed by atoms with Gasteiger partial charge in [-0.2, -0.15) is 0 Å². The lowest BCUT2D eigenvalue weighted by molar-refractivity contribution is -0.323. The molecule has 29 heavy (non-hydrogen) atoms. The quantitative estimate of drug-likeness (QED) is 0.695. The van der Waals surface area contributed by atoms with Gasteiger partial charge in [-0.25, -0.2) is 0 Å². The van der Waals surface area contributed by atoms with Gasteiger partial charge in [0.1, 0.15) is 0 Å². The van der Waals surface area contributed by atoms with E-state index in [4.69, 9.17) is 4.74 Å². The van der Waals surface area contributed by atoms with Crippen molar-refractivity contribution in [3.05, 3.63) is 77.4 Å². The maximum Gasteiger partial charge on any atom is 0.169 e. The van der Waals surface area contributed by atoms with E-state index in [1.807, 2.05) is 66.7 Å². The number of aliphatic hydroxyl groups is 1. The van der Waals surface area contributed by atoms with Crippen molar-refractivity contribution >= 4 is 11.9 Å². The third-order valence-corrected chi connectivity index (χ3v) is 7.24. The predicted molar refractivity (Wildman–Crippen MR) is 113 cm³/mol. The van der Waals surface area contributed by atoms with E-state index < -0.39 is 17.3 Å². The predicted octanol–water partition coefficient (Wildman–Crippen LogP) is 5.46. The van der Waals surface area contributed by atoms with Crippen LogP contribution in [0.25, 0.3) is 6.08 Å². The fraction of sp³-hybridized carbons (Fsp3) is 0.423. The molecule has 0 aromatic heterocycles. The fourth-order valence-corrected chi connectivity index (χ4v) is 5.73. The third kappa shape index (κ3) is 3.17. The number of fused-ring (bicyclic) bond motifs is 1. The van der Waals surface area contributed by atoms with Gasteiger partial charge in [-0.05, 0) is 54.9 Å². The first-order valence-electron chi connectivity index (χ1n) is 10.9. The molecule has 1 saturated heterocycles. The van der Waals surface area contributed by atoms with Crippen LogP contribution in [-0.2, 0) is 9.53 Å². The number of benzene rings is 2. The minimum Gasteiger partial charge on any atom is -0.365 e. The molecule has 3 heteroatoms. The molecule has 3 fully saturated rings.